The van der Waals surface area contributed by atoms with Gasteiger partial charge in [-0.05, 0) is 43.0 Å². The van der Waals surface area contributed by atoms with Crippen LogP contribution in [0.4, 0.5) is 5.69 Å². The molecule has 0 unspecified atom stereocenters. The van der Waals surface area contributed by atoms with Crippen LogP contribution in [0.15, 0.2) is 24.3 Å². The van der Waals surface area contributed by atoms with Gasteiger partial charge in [-0.15, -0.1) is 11.3 Å². The molecule has 1 heterocycles. The lowest BCUT2D eigenvalue weighted by Gasteiger charge is -2.16. The number of thiophene rings is 1. The molecule has 5 nitrogen and oxygen atoms in total. The van der Waals surface area contributed by atoms with Crippen molar-refractivity contribution in [2.45, 2.75) is 26.3 Å². The third-order valence-corrected chi connectivity index (χ3v) is 5.90. The van der Waals surface area contributed by atoms with Crippen LogP contribution < -0.4 is 9.62 Å². The number of sulfonamides is 1. The smallest absolute Gasteiger partial charge is 0.261 e. The number of amides is 1. The van der Waals surface area contributed by atoms with E-state index in [4.69, 9.17) is 0 Å². The quantitative estimate of drug-likeness (QED) is 0.910. The molecular formula is C15H20N2O3S2. The lowest BCUT2D eigenvalue weighted by molar-refractivity contribution is 0.0943. The Morgan fingerprint density at radius 3 is 2.64 bits per heavy atom. The summed E-state index contributed by atoms with van der Waals surface area (Å²) in [6, 6.07) is 7.31. The second-order valence-corrected chi connectivity index (χ2v) is 8.44. The monoisotopic (exact) mass is 340 g/mol. The Hall–Kier alpha value is -1.60. The lowest BCUT2D eigenvalue weighted by Crippen LogP contribution is -2.31. The number of nitrogens with zero attached hydrogens (tertiary/aromatic N) is 1. The molecule has 1 aromatic carbocycles. The number of fused-ring (bicyclic) bond motifs is 1. The maximum Gasteiger partial charge on any atom is 0.261 e. The maximum absolute atomic E-state index is 12.2. The molecule has 0 aliphatic rings. The molecule has 0 aliphatic heterocycles. The first kappa shape index (κ1) is 16.8. The van der Waals surface area contributed by atoms with Crippen LogP contribution in [-0.2, 0) is 10.0 Å². The summed E-state index contributed by atoms with van der Waals surface area (Å²) >= 11 is 1.41. The first-order valence-electron chi connectivity index (χ1n) is 7.00. The summed E-state index contributed by atoms with van der Waals surface area (Å²) in [6.07, 6.45) is 2.04. The van der Waals surface area contributed by atoms with Gasteiger partial charge in [0.1, 0.15) is 0 Å². The Labute approximate surface area is 135 Å². The predicted octanol–water partition coefficient (Wildman–Crippen LogP) is 2.83. The fourth-order valence-corrected chi connectivity index (χ4v) is 3.37. The third-order valence-electron chi connectivity index (χ3n) is 3.57. The number of anilines is 1. The highest BCUT2D eigenvalue weighted by Gasteiger charge is 2.15. The number of benzene rings is 1. The molecule has 0 radical (unpaired) electrons. The van der Waals surface area contributed by atoms with Gasteiger partial charge in [-0.2, -0.15) is 0 Å². The Kier molecular flexibility index (Phi) is 4.77. The van der Waals surface area contributed by atoms with Gasteiger partial charge >= 0.3 is 0 Å². The molecule has 0 spiro atoms. The van der Waals surface area contributed by atoms with Crippen molar-refractivity contribution in [3.8, 4) is 0 Å². The molecule has 22 heavy (non-hydrogen) atoms. The van der Waals surface area contributed by atoms with Crippen LogP contribution in [0.25, 0.3) is 10.1 Å². The summed E-state index contributed by atoms with van der Waals surface area (Å²) in [5.41, 5.74) is 0.585. The van der Waals surface area contributed by atoms with Gasteiger partial charge in [-0.3, -0.25) is 9.10 Å². The Morgan fingerprint density at radius 1 is 1.36 bits per heavy atom. The minimum absolute atomic E-state index is 0.0893. The highest BCUT2D eigenvalue weighted by atomic mass is 32.2. The number of carbonyl (C=O) groups excluding carboxylic acids is 1. The van der Waals surface area contributed by atoms with E-state index in [0.717, 1.165) is 22.8 Å². The number of carbonyl (C=O) groups is 1. The molecule has 7 heteroatoms. The van der Waals surface area contributed by atoms with Crippen LogP contribution in [0.2, 0.25) is 0 Å². The second kappa shape index (κ2) is 6.26. The normalized spacial score (nSPS) is 13.1. The molecule has 1 aromatic heterocycles. The van der Waals surface area contributed by atoms with E-state index >= 15 is 0 Å². The maximum atomic E-state index is 12.2. The van der Waals surface area contributed by atoms with E-state index in [2.05, 4.69) is 5.32 Å². The van der Waals surface area contributed by atoms with Gasteiger partial charge < -0.3 is 5.32 Å². The average Bonchev–Trinajstić information content (AvgIpc) is 2.88. The number of rotatable bonds is 5. The van der Waals surface area contributed by atoms with Gasteiger partial charge in [-0.1, -0.05) is 6.92 Å². The highest BCUT2D eigenvalue weighted by Crippen LogP contribution is 2.29. The molecule has 2 rings (SSSR count). The van der Waals surface area contributed by atoms with Gasteiger partial charge in [0.15, 0.2) is 0 Å². The summed E-state index contributed by atoms with van der Waals surface area (Å²) in [5, 5.41) is 3.80. The molecule has 0 fully saturated rings. The first-order chi connectivity index (χ1) is 10.2. The molecule has 0 aliphatic carbocycles. The number of hydrogen-bond donors (Lipinski definition) is 1. The molecule has 0 bridgehead atoms. The molecule has 0 saturated carbocycles. The topological polar surface area (TPSA) is 66.5 Å². The van der Waals surface area contributed by atoms with Crippen molar-refractivity contribution in [2.24, 2.45) is 0 Å². The van der Waals surface area contributed by atoms with Crippen molar-refractivity contribution >= 4 is 43.0 Å². The van der Waals surface area contributed by atoms with E-state index in [1.165, 1.54) is 22.7 Å². The molecule has 2 aromatic rings. The van der Waals surface area contributed by atoms with Crippen LogP contribution in [0.3, 0.4) is 0 Å². The number of hydrogen-bond acceptors (Lipinski definition) is 4. The molecule has 120 valence electrons. The van der Waals surface area contributed by atoms with Crippen LogP contribution in [0, 0.1) is 0 Å². The second-order valence-electron chi connectivity index (χ2n) is 5.35. The summed E-state index contributed by atoms with van der Waals surface area (Å²) in [6.45, 7) is 3.98. The minimum Gasteiger partial charge on any atom is -0.349 e. The van der Waals surface area contributed by atoms with Crippen molar-refractivity contribution in [3.05, 3.63) is 29.1 Å². The molecule has 1 atom stereocenters. The Balaban J connectivity index is 2.34. The van der Waals surface area contributed by atoms with E-state index in [9.17, 15) is 13.2 Å². The van der Waals surface area contributed by atoms with Crippen molar-refractivity contribution < 1.29 is 13.2 Å². The number of nitrogens with one attached hydrogen (secondary N) is 1. The van der Waals surface area contributed by atoms with E-state index in [1.54, 1.807) is 18.2 Å². The zero-order chi connectivity index (χ0) is 16.5. The Bertz CT molecular complexity index is 796. The SMILES string of the molecule is CC[C@H](C)NC(=O)c1cc2cc(N(C)S(C)(=O)=O)ccc2s1. The van der Waals surface area contributed by atoms with Crippen molar-refractivity contribution in [2.75, 3.05) is 17.6 Å². The van der Waals surface area contributed by atoms with E-state index in [-0.39, 0.29) is 11.9 Å². The first-order valence-corrected chi connectivity index (χ1v) is 9.67. The summed E-state index contributed by atoms with van der Waals surface area (Å²) in [5.74, 6) is -0.0893. The average molecular weight is 340 g/mol. The van der Waals surface area contributed by atoms with Crippen LogP contribution in [0.1, 0.15) is 29.9 Å². The zero-order valence-corrected chi connectivity index (χ0v) is 14.7. The van der Waals surface area contributed by atoms with E-state index in [0.29, 0.717) is 10.6 Å². The van der Waals surface area contributed by atoms with Gasteiger partial charge in [0.2, 0.25) is 10.0 Å². The van der Waals surface area contributed by atoms with Gasteiger partial charge in [0.05, 0.1) is 16.8 Å². The highest BCUT2D eigenvalue weighted by molar-refractivity contribution is 7.92. The summed E-state index contributed by atoms with van der Waals surface area (Å²) < 4.78 is 25.4. The van der Waals surface area contributed by atoms with E-state index in [1.807, 2.05) is 19.9 Å². The van der Waals surface area contributed by atoms with Gasteiger partial charge in [0.25, 0.3) is 5.91 Å². The zero-order valence-electron chi connectivity index (χ0n) is 13.1. The van der Waals surface area contributed by atoms with E-state index < -0.39 is 10.0 Å². The van der Waals surface area contributed by atoms with Crippen LogP contribution >= 0.6 is 11.3 Å². The van der Waals surface area contributed by atoms with Crippen molar-refractivity contribution in [1.82, 2.24) is 5.32 Å². The van der Waals surface area contributed by atoms with Crippen LogP contribution in [-0.4, -0.2) is 33.7 Å². The molecule has 1 amide bonds. The fourth-order valence-electron chi connectivity index (χ4n) is 1.93. The van der Waals surface area contributed by atoms with Crippen LogP contribution in [0.5, 0.6) is 0 Å². The summed E-state index contributed by atoms with van der Waals surface area (Å²) in [4.78, 5) is 12.8. The van der Waals surface area contributed by atoms with Crippen molar-refractivity contribution in [3.63, 3.8) is 0 Å². The molecular weight excluding hydrogens is 320 g/mol. The molecule has 0 saturated heterocycles. The fraction of sp³-hybridized carbons (Fsp3) is 0.400. The van der Waals surface area contributed by atoms with Crippen molar-refractivity contribution in [1.29, 1.82) is 0 Å². The minimum atomic E-state index is -3.30. The summed E-state index contributed by atoms with van der Waals surface area (Å²) in [7, 11) is -1.78. The molecule has 1 N–H and O–H groups in total. The predicted molar refractivity (Wildman–Crippen MR) is 92.3 cm³/mol. The third kappa shape index (κ3) is 3.59. The largest absolute Gasteiger partial charge is 0.349 e. The Morgan fingerprint density at radius 2 is 2.05 bits per heavy atom. The lowest BCUT2D eigenvalue weighted by atomic mass is 10.2. The van der Waals surface area contributed by atoms with Gasteiger partial charge in [-0.25, -0.2) is 8.42 Å². The standard InChI is InChI=1S/C15H20N2O3S2/c1-5-10(2)16-15(18)14-9-11-8-12(6-7-13(11)21-14)17(3)22(4,19)20/h6-10H,5H2,1-4H3,(H,16,18)/t10-/m0/s1. The van der Waals surface area contributed by atoms with Gasteiger partial charge in [0, 0.05) is 17.8 Å².